The Kier molecular flexibility index (Phi) is 5.72. The second kappa shape index (κ2) is 10.1. The number of para-hydroxylation sites is 4. The van der Waals surface area contributed by atoms with Crippen molar-refractivity contribution in [1.82, 2.24) is 0 Å². The molecule has 1 aliphatic rings. The molecule has 8 aromatic rings. The highest BCUT2D eigenvalue weighted by Crippen LogP contribution is 2.48. The maximum Gasteiger partial charge on any atom is 0.143 e. The third kappa shape index (κ3) is 4.01. The fraction of sp³-hybridized carbons (Fsp3) is 0.0238. The molecule has 2 heterocycles. The molecule has 1 aromatic heterocycles. The molecule has 3 nitrogen and oxygen atoms in total. The Morgan fingerprint density at radius 2 is 1.29 bits per heavy atom. The van der Waals surface area contributed by atoms with Crippen LogP contribution in [0.2, 0.25) is 0 Å². The van der Waals surface area contributed by atoms with Crippen molar-refractivity contribution in [3.8, 4) is 33.4 Å². The van der Waals surface area contributed by atoms with E-state index in [4.69, 9.17) is 4.42 Å². The van der Waals surface area contributed by atoms with Gasteiger partial charge >= 0.3 is 0 Å². The molecule has 0 N–H and O–H groups in total. The molecule has 45 heavy (non-hydrogen) atoms. The summed E-state index contributed by atoms with van der Waals surface area (Å²) in [6.07, 6.45) is 0. The van der Waals surface area contributed by atoms with E-state index in [9.17, 15) is 0 Å². The van der Waals surface area contributed by atoms with Crippen molar-refractivity contribution >= 4 is 56.5 Å². The first-order chi connectivity index (χ1) is 22.3. The Morgan fingerprint density at radius 1 is 0.533 bits per heavy atom. The molecule has 0 radical (unpaired) electrons. The smallest absolute Gasteiger partial charge is 0.143 e. The molecule has 3 heteroatoms. The van der Waals surface area contributed by atoms with Crippen molar-refractivity contribution in [3.05, 3.63) is 151 Å². The van der Waals surface area contributed by atoms with Crippen LogP contribution in [0.15, 0.2) is 155 Å². The molecule has 0 fully saturated rings. The van der Waals surface area contributed by atoms with Crippen LogP contribution in [0.5, 0.6) is 0 Å². The van der Waals surface area contributed by atoms with Crippen LogP contribution in [-0.2, 0) is 6.54 Å². The van der Waals surface area contributed by atoms with Crippen molar-refractivity contribution in [2.75, 3.05) is 4.90 Å². The van der Waals surface area contributed by atoms with Gasteiger partial charge in [-0.25, -0.2) is 0 Å². The lowest BCUT2D eigenvalue weighted by Gasteiger charge is -2.34. The number of aliphatic imine (C=N–C) groups is 1. The molecule has 0 aliphatic carbocycles. The first-order valence-electron chi connectivity index (χ1n) is 15.3. The molecule has 0 amide bonds. The van der Waals surface area contributed by atoms with Gasteiger partial charge in [0.1, 0.15) is 11.2 Å². The molecule has 0 unspecified atom stereocenters. The van der Waals surface area contributed by atoms with Crippen LogP contribution in [0.4, 0.5) is 17.1 Å². The zero-order valence-electron chi connectivity index (χ0n) is 24.6. The molecule has 9 rings (SSSR count). The van der Waals surface area contributed by atoms with Crippen LogP contribution < -0.4 is 4.90 Å². The van der Waals surface area contributed by atoms with Crippen LogP contribution in [0.25, 0.3) is 66.1 Å². The number of anilines is 2. The number of fused-ring (bicyclic) bond motifs is 8. The maximum atomic E-state index is 6.39. The lowest BCUT2D eigenvalue weighted by atomic mass is 9.87. The molecule has 7 aromatic carbocycles. The van der Waals surface area contributed by atoms with Gasteiger partial charge in [-0.05, 0) is 81.7 Å². The predicted molar refractivity (Wildman–Crippen MR) is 189 cm³/mol. The first-order valence-corrected chi connectivity index (χ1v) is 15.3. The summed E-state index contributed by atoms with van der Waals surface area (Å²) in [5.74, 6) is 0. The van der Waals surface area contributed by atoms with Crippen molar-refractivity contribution in [2.24, 2.45) is 4.99 Å². The van der Waals surface area contributed by atoms with Gasteiger partial charge in [0.2, 0.25) is 0 Å². The van der Waals surface area contributed by atoms with Gasteiger partial charge in [-0.2, -0.15) is 0 Å². The topological polar surface area (TPSA) is 28.7 Å². The molecular formula is C42H28N2O. The summed E-state index contributed by atoms with van der Waals surface area (Å²) in [4.78, 5) is 6.76. The maximum absolute atomic E-state index is 6.39. The van der Waals surface area contributed by atoms with Gasteiger partial charge in [0, 0.05) is 34.1 Å². The lowest BCUT2D eigenvalue weighted by molar-refractivity contribution is 0.670. The van der Waals surface area contributed by atoms with Crippen LogP contribution in [0, 0.1) is 0 Å². The Morgan fingerprint density at radius 3 is 2.22 bits per heavy atom. The lowest BCUT2D eigenvalue weighted by Crippen LogP contribution is -2.22. The third-order valence-electron chi connectivity index (χ3n) is 9.19. The number of benzene rings is 7. The van der Waals surface area contributed by atoms with E-state index in [1.54, 1.807) is 0 Å². The molecule has 0 atom stereocenters. The zero-order chi connectivity index (χ0) is 29.9. The van der Waals surface area contributed by atoms with Gasteiger partial charge in [-0.3, -0.25) is 4.99 Å². The summed E-state index contributed by atoms with van der Waals surface area (Å²) in [7, 11) is 0. The van der Waals surface area contributed by atoms with Crippen LogP contribution >= 0.6 is 0 Å². The number of hydrogen-bond acceptors (Lipinski definition) is 3. The summed E-state index contributed by atoms with van der Waals surface area (Å²) in [5, 5.41) is 4.81. The summed E-state index contributed by atoms with van der Waals surface area (Å²) in [5.41, 5.74) is 13.3. The monoisotopic (exact) mass is 576 g/mol. The highest BCUT2D eigenvalue weighted by atomic mass is 16.3. The average molecular weight is 577 g/mol. The highest BCUT2D eigenvalue weighted by Gasteiger charge is 2.26. The quantitative estimate of drug-likeness (QED) is 0.195. The summed E-state index contributed by atoms with van der Waals surface area (Å²) in [6, 6.07) is 51.8. The van der Waals surface area contributed by atoms with Crippen molar-refractivity contribution in [1.29, 1.82) is 0 Å². The van der Waals surface area contributed by atoms with Crippen LogP contribution in [0.3, 0.4) is 0 Å². The fourth-order valence-electron chi connectivity index (χ4n) is 7.05. The first kappa shape index (κ1) is 25.6. The number of hydrogen-bond donors (Lipinski definition) is 0. The minimum absolute atomic E-state index is 0.757. The molecular weight excluding hydrogens is 548 g/mol. The minimum Gasteiger partial charge on any atom is -0.455 e. The molecule has 212 valence electrons. The third-order valence-corrected chi connectivity index (χ3v) is 9.19. The van der Waals surface area contributed by atoms with Gasteiger partial charge in [-0.1, -0.05) is 109 Å². The van der Waals surface area contributed by atoms with Crippen molar-refractivity contribution in [3.63, 3.8) is 0 Å². The Labute approximate surface area is 261 Å². The largest absolute Gasteiger partial charge is 0.455 e. The Hall–Kier alpha value is -5.93. The van der Waals surface area contributed by atoms with Gasteiger partial charge in [0.15, 0.2) is 0 Å². The van der Waals surface area contributed by atoms with Gasteiger partial charge < -0.3 is 9.32 Å². The van der Waals surface area contributed by atoms with E-state index in [0.717, 1.165) is 56.5 Å². The SMILES string of the molecule is C=Nc1ccccc1N1Cc2c(ccc3ccccc23)-c2cc(-c3cccc(-c4cccc5c4oc4ccccc45)c3)ccc21. The van der Waals surface area contributed by atoms with E-state index >= 15 is 0 Å². The van der Waals surface area contributed by atoms with E-state index in [1.165, 1.54) is 38.7 Å². The Balaban J connectivity index is 1.22. The van der Waals surface area contributed by atoms with Gasteiger partial charge in [-0.15, -0.1) is 0 Å². The van der Waals surface area contributed by atoms with Gasteiger partial charge in [0.05, 0.1) is 11.4 Å². The van der Waals surface area contributed by atoms with E-state index in [-0.39, 0.29) is 0 Å². The number of rotatable bonds is 4. The minimum atomic E-state index is 0.757. The molecule has 1 aliphatic heterocycles. The zero-order valence-corrected chi connectivity index (χ0v) is 24.6. The second-order valence-electron chi connectivity index (χ2n) is 11.6. The Bertz CT molecular complexity index is 2450. The van der Waals surface area contributed by atoms with Crippen molar-refractivity contribution < 1.29 is 4.42 Å². The van der Waals surface area contributed by atoms with Crippen LogP contribution in [0.1, 0.15) is 5.56 Å². The van der Waals surface area contributed by atoms with E-state index in [1.807, 2.05) is 24.3 Å². The number of nitrogens with zero attached hydrogens (tertiary/aromatic N) is 2. The highest BCUT2D eigenvalue weighted by molar-refractivity contribution is 6.09. The molecule has 0 bridgehead atoms. The molecule has 0 saturated carbocycles. The van der Waals surface area contributed by atoms with Crippen molar-refractivity contribution in [2.45, 2.75) is 6.54 Å². The second-order valence-corrected chi connectivity index (χ2v) is 11.6. The van der Waals surface area contributed by atoms with Crippen LogP contribution in [-0.4, -0.2) is 6.72 Å². The summed E-state index contributed by atoms with van der Waals surface area (Å²) < 4.78 is 6.39. The van der Waals surface area contributed by atoms with Gasteiger partial charge in [0.25, 0.3) is 0 Å². The van der Waals surface area contributed by atoms with E-state index in [2.05, 4.69) is 138 Å². The fourth-order valence-corrected chi connectivity index (χ4v) is 7.05. The van der Waals surface area contributed by atoms with E-state index in [0.29, 0.717) is 0 Å². The summed E-state index contributed by atoms with van der Waals surface area (Å²) >= 11 is 0. The molecule has 0 spiro atoms. The summed E-state index contributed by atoms with van der Waals surface area (Å²) in [6.45, 7) is 4.63. The number of furan rings is 1. The van der Waals surface area contributed by atoms with E-state index < -0.39 is 0 Å². The standard InChI is InChI=1S/C42H28N2O/c1-43-38-17-5-6-18-40(38)44-26-37-31-13-3-2-10-27(31)20-22-33(37)36-25-29(21-23-39(36)44)28-11-8-12-30(24-28)32-15-9-16-35-34-14-4-7-19-41(34)45-42(32)35/h2-25H,1,26H2. The normalized spacial score (nSPS) is 12.4. The predicted octanol–water partition coefficient (Wildman–Crippen LogP) is 11.7. The average Bonchev–Trinajstić information content (AvgIpc) is 3.50. The molecule has 0 saturated heterocycles.